The van der Waals surface area contributed by atoms with E-state index in [-0.39, 0.29) is 5.41 Å². The van der Waals surface area contributed by atoms with Gasteiger partial charge in [0.2, 0.25) is 11.9 Å². The van der Waals surface area contributed by atoms with Gasteiger partial charge in [0, 0.05) is 60.2 Å². The van der Waals surface area contributed by atoms with E-state index in [1.54, 1.807) is 0 Å². The van der Waals surface area contributed by atoms with Gasteiger partial charge in [-0.3, -0.25) is 9.13 Å². The molecule has 0 bridgehead atoms. The fourth-order valence-corrected chi connectivity index (χ4v) is 16.6. The predicted octanol–water partition coefficient (Wildman–Crippen LogP) is 22.9. The first-order chi connectivity index (χ1) is 47.4. The first kappa shape index (κ1) is 52.9. The lowest BCUT2D eigenvalue weighted by Crippen LogP contribution is -2.18. The zero-order valence-corrected chi connectivity index (χ0v) is 52.2. The lowest BCUT2D eigenvalue weighted by molar-refractivity contribution is 0.663. The standard InChI is InChI=1S/C45H30N4.C42H24N4O/c1-45(2)34-19-10-8-17-30(34)31-24-25-33-39-29-16-7-6-13-27(29)23-26-38(39)49(43(33)41(31)45)44-46-35-20-12-22-37-40(35)42(47-44)32-18-9-11-21-36(32)48(37)28-14-4-3-5-15-28;1-2-13-25(14-3-1)45-33-22-10-7-18-29(33)39-38-31(20-12-23-34(38)45)43-42(44-39)46-32-21-9-6-17-28(32)36-26-15-4-5-16-27(26)37-30-19-8-11-24-35(30)47-41(37)40(36)46/h3-26H,1-2H3;1-24H. The van der Waals surface area contributed by atoms with Crippen LogP contribution in [0.25, 0.3) is 154 Å². The fourth-order valence-electron chi connectivity index (χ4n) is 16.6. The van der Waals surface area contributed by atoms with E-state index in [0.29, 0.717) is 11.9 Å². The maximum Gasteiger partial charge on any atom is 0.235 e. The second-order valence-electron chi connectivity index (χ2n) is 26.0. The van der Waals surface area contributed by atoms with E-state index in [9.17, 15) is 0 Å². The van der Waals surface area contributed by atoms with Crippen LogP contribution < -0.4 is 9.80 Å². The summed E-state index contributed by atoms with van der Waals surface area (Å²) in [6, 6.07) is 103. The maximum absolute atomic E-state index is 6.78. The monoisotopic (exact) mass is 1230 g/mol. The summed E-state index contributed by atoms with van der Waals surface area (Å²) in [6.45, 7) is 4.73. The summed E-state index contributed by atoms with van der Waals surface area (Å²) in [6.07, 6.45) is 0. The zero-order valence-electron chi connectivity index (χ0n) is 52.2. The molecule has 2 aliphatic heterocycles. The quantitative estimate of drug-likeness (QED) is 0.174. The molecule has 22 rings (SSSR count). The Balaban J connectivity index is 0.000000128. The molecule has 0 radical (unpaired) electrons. The smallest absolute Gasteiger partial charge is 0.235 e. The Labute approximate surface area is 550 Å². The molecule has 3 aliphatic rings. The largest absolute Gasteiger partial charge is 0.454 e. The van der Waals surface area contributed by atoms with E-state index in [1.165, 1.54) is 60.1 Å². The van der Waals surface area contributed by atoms with Crippen molar-refractivity contribution < 1.29 is 4.42 Å². The first-order valence-corrected chi connectivity index (χ1v) is 32.8. The molecule has 0 N–H and O–H groups in total. The van der Waals surface area contributed by atoms with Gasteiger partial charge in [-0.15, -0.1) is 0 Å². The highest BCUT2D eigenvalue weighted by molar-refractivity contribution is 6.35. The summed E-state index contributed by atoms with van der Waals surface area (Å²) in [5.41, 5.74) is 23.6. The summed E-state index contributed by atoms with van der Waals surface area (Å²) in [4.78, 5) is 26.5. The maximum atomic E-state index is 6.78. The third-order valence-corrected chi connectivity index (χ3v) is 20.6. The zero-order chi connectivity index (χ0) is 63.1. The van der Waals surface area contributed by atoms with Gasteiger partial charge in [0.1, 0.15) is 11.1 Å². The molecule has 9 heteroatoms. The molecule has 0 saturated carbocycles. The van der Waals surface area contributed by atoms with Crippen molar-refractivity contribution in [2.45, 2.75) is 19.3 Å². The number of rotatable bonds is 4. The molecule has 0 spiro atoms. The van der Waals surface area contributed by atoms with Crippen molar-refractivity contribution >= 4 is 143 Å². The fraction of sp³-hybridized carbons (Fsp3) is 0.0345. The molecule has 0 amide bonds. The minimum atomic E-state index is -0.214. The van der Waals surface area contributed by atoms with Crippen LogP contribution >= 0.6 is 0 Å². The van der Waals surface area contributed by atoms with Crippen LogP contribution in [-0.2, 0) is 5.41 Å². The van der Waals surface area contributed by atoms with Gasteiger partial charge in [-0.25, -0.2) is 19.9 Å². The Morgan fingerprint density at radius 2 is 0.823 bits per heavy atom. The highest BCUT2D eigenvalue weighted by Crippen LogP contribution is 2.56. The van der Waals surface area contributed by atoms with E-state index >= 15 is 0 Å². The van der Waals surface area contributed by atoms with Crippen LogP contribution in [0.5, 0.6) is 0 Å². The number of furan rings is 1. The minimum absolute atomic E-state index is 0.214. The van der Waals surface area contributed by atoms with Crippen molar-refractivity contribution in [1.29, 1.82) is 0 Å². The number of hydrogen-bond donors (Lipinski definition) is 0. The summed E-state index contributed by atoms with van der Waals surface area (Å²) < 4.78 is 11.4. The van der Waals surface area contributed by atoms with Gasteiger partial charge < -0.3 is 14.2 Å². The second-order valence-corrected chi connectivity index (χ2v) is 26.0. The van der Waals surface area contributed by atoms with Gasteiger partial charge in [-0.05, 0) is 123 Å². The van der Waals surface area contributed by atoms with Gasteiger partial charge >= 0.3 is 0 Å². The topological polar surface area (TPSA) is 81.0 Å². The van der Waals surface area contributed by atoms with Gasteiger partial charge in [0.05, 0.1) is 72.5 Å². The van der Waals surface area contributed by atoms with Crippen LogP contribution in [0, 0.1) is 0 Å². The van der Waals surface area contributed by atoms with Crippen molar-refractivity contribution in [2.24, 2.45) is 0 Å². The normalized spacial score (nSPS) is 13.4. The van der Waals surface area contributed by atoms with E-state index in [0.717, 1.165) is 128 Å². The summed E-state index contributed by atoms with van der Waals surface area (Å²) in [7, 11) is 0. The molecular formula is C87H54N8O. The number of para-hydroxylation sites is 6. The summed E-state index contributed by atoms with van der Waals surface area (Å²) in [5.74, 6) is 1.31. The average molecular weight is 1230 g/mol. The van der Waals surface area contributed by atoms with E-state index in [4.69, 9.17) is 24.4 Å². The van der Waals surface area contributed by atoms with Crippen molar-refractivity contribution in [2.75, 3.05) is 9.80 Å². The number of benzene rings is 14. The Bertz CT molecular complexity index is 6580. The summed E-state index contributed by atoms with van der Waals surface area (Å²) >= 11 is 0. The van der Waals surface area contributed by atoms with Crippen LogP contribution in [0.3, 0.4) is 0 Å². The van der Waals surface area contributed by atoms with Crippen LogP contribution in [0.2, 0.25) is 0 Å². The van der Waals surface area contributed by atoms with Crippen LogP contribution in [0.15, 0.2) is 296 Å². The van der Waals surface area contributed by atoms with Crippen LogP contribution in [0.1, 0.15) is 25.0 Å². The van der Waals surface area contributed by atoms with Gasteiger partial charge in [0.25, 0.3) is 0 Å². The van der Waals surface area contributed by atoms with E-state index < -0.39 is 0 Å². The van der Waals surface area contributed by atoms with Crippen molar-refractivity contribution in [3.63, 3.8) is 0 Å². The van der Waals surface area contributed by atoms with Crippen LogP contribution in [-0.4, -0.2) is 29.1 Å². The Morgan fingerprint density at radius 3 is 1.48 bits per heavy atom. The number of fused-ring (bicyclic) bond motifs is 23. The lowest BCUT2D eigenvalue weighted by atomic mass is 9.81. The second kappa shape index (κ2) is 19.7. The molecule has 0 atom stereocenters. The molecule has 0 fully saturated rings. The number of hydrogen-bond acceptors (Lipinski definition) is 7. The van der Waals surface area contributed by atoms with Crippen molar-refractivity contribution in [1.82, 2.24) is 29.1 Å². The Kier molecular flexibility index (Phi) is 10.8. The number of nitrogens with zero attached hydrogens (tertiary/aromatic N) is 8. The molecule has 19 aromatic rings. The molecule has 1 aliphatic carbocycles. The highest BCUT2D eigenvalue weighted by atomic mass is 16.3. The Hall–Kier alpha value is -12.7. The molecule has 5 aromatic heterocycles. The van der Waals surface area contributed by atoms with Crippen LogP contribution in [0.4, 0.5) is 34.1 Å². The van der Waals surface area contributed by atoms with E-state index in [1.807, 2.05) is 6.07 Å². The first-order valence-electron chi connectivity index (χ1n) is 32.8. The molecule has 0 unspecified atom stereocenters. The number of aromatic nitrogens is 6. The molecular weight excluding hydrogens is 1170 g/mol. The molecule has 7 heterocycles. The average Bonchev–Trinajstić information content (AvgIpc) is 1.53. The third-order valence-electron chi connectivity index (χ3n) is 20.6. The predicted molar refractivity (Wildman–Crippen MR) is 395 cm³/mol. The summed E-state index contributed by atoms with van der Waals surface area (Å²) in [5, 5.41) is 13.9. The van der Waals surface area contributed by atoms with Gasteiger partial charge in [-0.1, -0.05) is 226 Å². The molecule has 9 nitrogen and oxygen atoms in total. The SMILES string of the molecule is CC1(C)c2ccccc2-c2ccc3c4c5ccccc5ccc4n(-c4nc5c6c(cccc6n4)N(c4ccccc4)c4ccccc4-5)c3c21.c1ccc(N2c3ccccc3-c3nc(-n4c5ccccc5c5c6ccccc6c6c7ccccc7oc6c54)nc4cccc2c34)cc1. The minimum Gasteiger partial charge on any atom is -0.454 e. The van der Waals surface area contributed by atoms with Crippen molar-refractivity contribution in [3.05, 3.63) is 302 Å². The third kappa shape index (κ3) is 7.17. The van der Waals surface area contributed by atoms with Gasteiger partial charge in [0.15, 0.2) is 5.58 Å². The van der Waals surface area contributed by atoms with E-state index in [2.05, 4.69) is 318 Å². The van der Waals surface area contributed by atoms with Crippen molar-refractivity contribution in [3.8, 4) is 45.5 Å². The molecule has 96 heavy (non-hydrogen) atoms. The lowest BCUT2D eigenvalue weighted by Gasteiger charge is -2.32. The highest BCUT2D eigenvalue weighted by Gasteiger charge is 2.40. The molecule has 14 aromatic carbocycles. The van der Waals surface area contributed by atoms with Gasteiger partial charge in [-0.2, -0.15) is 0 Å². The molecule has 448 valence electrons. The number of anilines is 6. The molecule has 0 saturated heterocycles. The Morgan fingerprint density at radius 1 is 0.312 bits per heavy atom.